The molecule has 0 radical (unpaired) electrons. The van der Waals surface area contributed by atoms with Crippen LogP contribution in [0.2, 0.25) is 0 Å². The number of aromatic nitrogens is 1. The van der Waals surface area contributed by atoms with E-state index in [1.54, 1.807) is 6.20 Å². The number of benzene rings is 2. The zero-order valence-corrected chi connectivity index (χ0v) is 16.4. The van der Waals surface area contributed by atoms with Gasteiger partial charge in [-0.3, -0.25) is 14.6 Å². The van der Waals surface area contributed by atoms with Crippen LogP contribution in [0, 0.1) is 0 Å². The van der Waals surface area contributed by atoms with Gasteiger partial charge in [-0.15, -0.1) is 0 Å². The molecule has 1 spiro atoms. The first-order valence-corrected chi connectivity index (χ1v) is 10.3. The molecule has 2 amide bonds. The van der Waals surface area contributed by atoms with Crippen LogP contribution in [0.1, 0.15) is 34.8 Å². The van der Waals surface area contributed by atoms with Crippen molar-refractivity contribution in [1.29, 1.82) is 0 Å². The molecule has 4 heterocycles. The molecule has 0 N–H and O–H groups in total. The number of carbonyl (C=O) groups excluding carboxylic acids is 2. The predicted octanol–water partition coefficient (Wildman–Crippen LogP) is 3.15. The fraction of sp³-hybridized carbons (Fsp3) is 0.292. The Labute approximate surface area is 174 Å². The fourth-order valence-electron chi connectivity index (χ4n) is 5.44. The summed E-state index contributed by atoms with van der Waals surface area (Å²) in [5, 5.41) is 0.933. The van der Waals surface area contributed by atoms with Gasteiger partial charge in [0.15, 0.2) is 5.72 Å². The second-order valence-corrected chi connectivity index (χ2v) is 8.20. The highest BCUT2D eigenvalue weighted by Gasteiger charge is 2.65. The summed E-state index contributed by atoms with van der Waals surface area (Å²) in [7, 11) is 0. The largest absolute Gasteiger partial charge is 0.351 e. The number of rotatable bonds is 2. The van der Waals surface area contributed by atoms with E-state index in [0.29, 0.717) is 37.1 Å². The minimum absolute atomic E-state index is 0.0555. The number of amides is 2. The van der Waals surface area contributed by atoms with Gasteiger partial charge in [-0.1, -0.05) is 48.5 Å². The van der Waals surface area contributed by atoms with Gasteiger partial charge in [0.2, 0.25) is 5.91 Å². The quantitative estimate of drug-likeness (QED) is 0.664. The van der Waals surface area contributed by atoms with E-state index in [2.05, 4.69) is 4.98 Å². The Kier molecular flexibility index (Phi) is 3.74. The number of likely N-dealkylation sites (tertiary alicyclic amines) is 1. The molecule has 0 bridgehead atoms. The van der Waals surface area contributed by atoms with Crippen LogP contribution in [-0.4, -0.2) is 51.5 Å². The third-order valence-electron chi connectivity index (χ3n) is 6.76. The Hall–Kier alpha value is -3.25. The normalized spacial score (nSPS) is 27.5. The van der Waals surface area contributed by atoms with Crippen molar-refractivity contribution in [2.24, 2.45) is 0 Å². The lowest BCUT2D eigenvalue weighted by atomic mass is 10.0. The molecular weight excluding hydrogens is 378 g/mol. The van der Waals surface area contributed by atoms with Gasteiger partial charge in [-0.05, 0) is 17.7 Å². The third-order valence-corrected chi connectivity index (χ3v) is 6.76. The molecule has 3 aromatic rings. The maximum Gasteiger partial charge on any atom is 0.256 e. The van der Waals surface area contributed by atoms with Crippen molar-refractivity contribution >= 4 is 22.7 Å². The van der Waals surface area contributed by atoms with Crippen LogP contribution in [0.4, 0.5) is 0 Å². The summed E-state index contributed by atoms with van der Waals surface area (Å²) in [6.45, 7) is 1.03. The molecule has 0 unspecified atom stereocenters. The molecule has 3 fully saturated rings. The Bertz CT molecular complexity index is 1160. The van der Waals surface area contributed by atoms with Gasteiger partial charge in [0.1, 0.15) is 0 Å². The molecule has 0 aliphatic carbocycles. The molecule has 2 aromatic carbocycles. The van der Waals surface area contributed by atoms with Gasteiger partial charge in [0.05, 0.1) is 36.2 Å². The zero-order valence-electron chi connectivity index (χ0n) is 16.4. The van der Waals surface area contributed by atoms with Crippen LogP contribution in [0.25, 0.3) is 10.9 Å². The second kappa shape index (κ2) is 6.37. The SMILES string of the molecule is O=C(c1cccc2cccnc12)N1CC[C@@]23OC[C@@H](c4ccccc4)N2C(=O)C[C@@H]13. The Morgan fingerprint density at radius 1 is 1.07 bits per heavy atom. The number of hydrogen-bond donors (Lipinski definition) is 0. The smallest absolute Gasteiger partial charge is 0.256 e. The molecule has 150 valence electrons. The highest BCUT2D eigenvalue weighted by molar-refractivity contribution is 6.06. The Morgan fingerprint density at radius 2 is 1.90 bits per heavy atom. The van der Waals surface area contributed by atoms with E-state index in [-0.39, 0.29) is 23.9 Å². The number of ether oxygens (including phenoxy) is 1. The van der Waals surface area contributed by atoms with Crippen molar-refractivity contribution in [3.8, 4) is 0 Å². The molecule has 1 aromatic heterocycles. The van der Waals surface area contributed by atoms with E-state index >= 15 is 0 Å². The van der Waals surface area contributed by atoms with E-state index in [1.807, 2.05) is 70.5 Å². The third kappa shape index (κ3) is 2.31. The van der Waals surface area contributed by atoms with Crippen LogP contribution in [-0.2, 0) is 9.53 Å². The van der Waals surface area contributed by atoms with E-state index in [1.165, 1.54) is 0 Å². The number of nitrogens with zero attached hydrogens (tertiary/aromatic N) is 3. The van der Waals surface area contributed by atoms with Crippen molar-refractivity contribution in [1.82, 2.24) is 14.8 Å². The first-order chi connectivity index (χ1) is 14.7. The summed E-state index contributed by atoms with van der Waals surface area (Å²) in [5.74, 6) is -0.0255. The summed E-state index contributed by atoms with van der Waals surface area (Å²) in [6.07, 6.45) is 2.64. The topological polar surface area (TPSA) is 62.7 Å². The number of carbonyl (C=O) groups is 2. The summed E-state index contributed by atoms with van der Waals surface area (Å²) in [4.78, 5) is 34.8. The average molecular weight is 399 g/mol. The molecule has 6 heteroatoms. The van der Waals surface area contributed by atoms with Gasteiger partial charge in [-0.2, -0.15) is 0 Å². The highest BCUT2D eigenvalue weighted by Crippen LogP contribution is 2.51. The second-order valence-electron chi connectivity index (χ2n) is 8.20. The van der Waals surface area contributed by atoms with E-state index in [0.717, 1.165) is 10.9 Å². The lowest BCUT2D eigenvalue weighted by Crippen LogP contribution is -2.49. The van der Waals surface area contributed by atoms with E-state index in [9.17, 15) is 9.59 Å². The summed E-state index contributed by atoms with van der Waals surface area (Å²) in [6, 6.07) is 19.1. The van der Waals surface area contributed by atoms with Crippen LogP contribution >= 0.6 is 0 Å². The predicted molar refractivity (Wildman–Crippen MR) is 111 cm³/mol. The lowest BCUT2D eigenvalue weighted by Gasteiger charge is -2.33. The van der Waals surface area contributed by atoms with Crippen LogP contribution in [0.15, 0.2) is 66.9 Å². The number of para-hydroxylation sites is 1. The minimum atomic E-state index is -0.717. The Morgan fingerprint density at radius 3 is 2.77 bits per heavy atom. The molecule has 3 atom stereocenters. The molecule has 6 nitrogen and oxygen atoms in total. The van der Waals surface area contributed by atoms with Gasteiger partial charge >= 0.3 is 0 Å². The minimum Gasteiger partial charge on any atom is -0.351 e. The van der Waals surface area contributed by atoms with E-state index < -0.39 is 5.72 Å². The molecule has 30 heavy (non-hydrogen) atoms. The van der Waals surface area contributed by atoms with Crippen molar-refractivity contribution < 1.29 is 14.3 Å². The summed E-state index contributed by atoms with van der Waals surface area (Å²) >= 11 is 0. The van der Waals surface area contributed by atoms with Crippen LogP contribution in [0.3, 0.4) is 0 Å². The van der Waals surface area contributed by atoms with Gasteiger partial charge in [-0.25, -0.2) is 0 Å². The number of pyridine rings is 1. The van der Waals surface area contributed by atoms with E-state index in [4.69, 9.17) is 4.74 Å². The van der Waals surface area contributed by atoms with Crippen molar-refractivity contribution in [3.63, 3.8) is 0 Å². The highest BCUT2D eigenvalue weighted by atomic mass is 16.5. The van der Waals surface area contributed by atoms with Gasteiger partial charge in [0.25, 0.3) is 5.91 Å². The number of fused-ring (bicyclic) bond motifs is 1. The lowest BCUT2D eigenvalue weighted by molar-refractivity contribution is -0.138. The average Bonchev–Trinajstić information content (AvgIpc) is 3.42. The zero-order chi connectivity index (χ0) is 20.3. The van der Waals surface area contributed by atoms with Crippen molar-refractivity contribution in [2.45, 2.75) is 30.7 Å². The standard InChI is InChI=1S/C24H21N3O3/c28-21-14-20-24(27(21)19(15-30-24)16-6-2-1-3-7-16)11-13-26(20)23(29)18-10-4-8-17-9-5-12-25-22(17)18/h1-10,12,19-20H,11,13-15H2/t19-,20+,24-/m0/s1. The molecule has 6 rings (SSSR count). The molecular formula is C24H21N3O3. The monoisotopic (exact) mass is 399 g/mol. The summed E-state index contributed by atoms with van der Waals surface area (Å²) in [5.41, 5.74) is 1.63. The number of hydrogen-bond acceptors (Lipinski definition) is 4. The maximum atomic E-state index is 13.5. The fourth-order valence-corrected chi connectivity index (χ4v) is 5.44. The molecule has 3 saturated heterocycles. The van der Waals surface area contributed by atoms with Crippen molar-refractivity contribution in [2.75, 3.05) is 13.2 Å². The molecule has 0 saturated carbocycles. The van der Waals surface area contributed by atoms with Crippen molar-refractivity contribution in [3.05, 3.63) is 78.0 Å². The molecule has 3 aliphatic rings. The Balaban J connectivity index is 1.36. The first kappa shape index (κ1) is 17.6. The first-order valence-electron chi connectivity index (χ1n) is 10.3. The van der Waals surface area contributed by atoms with Crippen LogP contribution in [0.5, 0.6) is 0 Å². The van der Waals surface area contributed by atoms with Gasteiger partial charge < -0.3 is 14.5 Å². The van der Waals surface area contributed by atoms with Gasteiger partial charge in [0, 0.05) is 24.5 Å². The summed E-state index contributed by atoms with van der Waals surface area (Å²) < 4.78 is 6.33. The van der Waals surface area contributed by atoms with Crippen LogP contribution < -0.4 is 0 Å². The maximum absolute atomic E-state index is 13.5. The molecule has 3 aliphatic heterocycles.